The number of nitrogens with zero attached hydrogens (tertiary/aromatic N) is 5. The van der Waals surface area contributed by atoms with Gasteiger partial charge in [-0.3, -0.25) is 4.68 Å². The van der Waals surface area contributed by atoms with Crippen LogP contribution in [0, 0.1) is 0 Å². The highest BCUT2D eigenvalue weighted by Crippen LogP contribution is 2.34. The number of rotatable bonds is 8. The number of anilines is 2. The molecule has 0 aliphatic carbocycles. The lowest BCUT2D eigenvalue weighted by molar-refractivity contribution is 0.183. The highest BCUT2D eigenvalue weighted by molar-refractivity contribution is 5.73. The Hall–Kier alpha value is -3.71. The van der Waals surface area contributed by atoms with Crippen LogP contribution in [0.25, 0.3) is 22.5 Å². The van der Waals surface area contributed by atoms with Gasteiger partial charge in [0.25, 0.3) is 0 Å². The number of hydrogen-bond acceptors (Lipinski definition) is 6. The third kappa shape index (κ3) is 4.52. The number of ether oxygens (including phenoxy) is 1. The molecule has 2 aromatic heterocycles. The average Bonchev–Trinajstić information content (AvgIpc) is 3.50. The molecule has 0 amide bonds. The first-order chi connectivity index (χ1) is 16.6. The second-order valence-corrected chi connectivity index (χ2v) is 8.89. The Kier molecular flexibility index (Phi) is 6.27. The zero-order valence-electron chi connectivity index (χ0n) is 19.9. The lowest BCUT2D eigenvalue weighted by Crippen LogP contribution is -2.22. The fourth-order valence-electron chi connectivity index (χ4n) is 4.30. The van der Waals surface area contributed by atoms with E-state index in [9.17, 15) is 0 Å². The summed E-state index contributed by atoms with van der Waals surface area (Å²) in [6, 6.07) is 17.1. The molecule has 0 fully saturated rings. The van der Waals surface area contributed by atoms with E-state index in [0.717, 1.165) is 47.1 Å². The summed E-state index contributed by atoms with van der Waals surface area (Å²) < 4.78 is 7.04. The Morgan fingerprint density at radius 2 is 1.85 bits per heavy atom. The fraction of sp³-hybridized carbons (Fsp3) is 0.296. The van der Waals surface area contributed by atoms with Crippen molar-refractivity contribution in [1.29, 1.82) is 0 Å². The summed E-state index contributed by atoms with van der Waals surface area (Å²) in [7, 11) is 1.70. The molecular weight excluding hydrogens is 424 g/mol. The summed E-state index contributed by atoms with van der Waals surface area (Å²) in [5.41, 5.74) is 6.83. The molecule has 5 rings (SSSR count). The van der Waals surface area contributed by atoms with E-state index in [1.165, 1.54) is 11.1 Å². The van der Waals surface area contributed by atoms with Crippen molar-refractivity contribution in [2.24, 2.45) is 0 Å². The molecule has 0 bridgehead atoms. The molecule has 4 aromatic rings. The lowest BCUT2D eigenvalue weighted by Gasteiger charge is -2.18. The van der Waals surface area contributed by atoms with Crippen molar-refractivity contribution < 1.29 is 4.74 Å². The molecule has 34 heavy (non-hydrogen) atoms. The number of hydrogen-bond donors (Lipinski definition) is 1. The first kappa shape index (κ1) is 22.1. The highest BCUT2D eigenvalue weighted by Gasteiger charge is 2.22. The summed E-state index contributed by atoms with van der Waals surface area (Å²) in [5.74, 6) is 2.14. The molecule has 0 saturated heterocycles. The second kappa shape index (κ2) is 9.65. The van der Waals surface area contributed by atoms with Crippen molar-refractivity contribution in [2.75, 3.05) is 30.6 Å². The summed E-state index contributed by atoms with van der Waals surface area (Å²) in [6.07, 6.45) is 5.86. The van der Waals surface area contributed by atoms with E-state index in [2.05, 4.69) is 88.9 Å². The lowest BCUT2D eigenvalue weighted by atomic mass is 9.97. The molecule has 174 valence electrons. The minimum atomic E-state index is 0.410. The maximum Gasteiger partial charge on any atom is 0.161 e. The molecule has 0 radical (unpaired) electrons. The highest BCUT2D eigenvalue weighted by atomic mass is 16.5. The Bertz CT molecular complexity index is 1260. The van der Waals surface area contributed by atoms with Gasteiger partial charge in [0.05, 0.1) is 37.9 Å². The van der Waals surface area contributed by atoms with Crippen molar-refractivity contribution in [3.63, 3.8) is 0 Å². The molecule has 1 N–H and O–H groups in total. The standard InChI is InChI=1S/C27H30N6O/c1-19(2)23-6-4-5-7-24(23)26-28-15-25-27(31-26)32(18-29-25)16-20-8-10-21(11-9-20)22-14-30-33(17-22)12-13-34-3/h4-11,14-15,17,19,29H,12-13,16,18H2,1-3H3. The number of aromatic nitrogens is 4. The number of methoxy groups -OCH3 is 1. The van der Waals surface area contributed by atoms with E-state index in [0.29, 0.717) is 19.2 Å². The van der Waals surface area contributed by atoms with Crippen LogP contribution in [-0.4, -0.2) is 40.1 Å². The molecule has 0 atom stereocenters. The zero-order chi connectivity index (χ0) is 23.5. The minimum Gasteiger partial charge on any atom is -0.383 e. The third-order valence-electron chi connectivity index (χ3n) is 6.17. The van der Waals surface area contributed by atoms with Gasteiger partial charge in [-0.2, -0.15) is 5.10 Å². The first-order valence-corrected chi connectivity index (χ1v) is 11.7. The topological polar surface area (TPSA) is 68.1 Å². The molecule has 3 heterocycles. The summed E-state index contributed by atoms with van der Waals surface area (Å²) in [6.45, 7) is 7.30. The van der Waals surface area contributed by atoms with Gasteiger partial charge in [-0.25, -0.2) is 9.97 Å². The van der Waals surface area contributed by atoms with Gasteiger partial charge >= 0.3 is 0 Å². The summed E-state index contributed by atoms with van der Waals surface area (Å²) >= 11 is 0. The molecule has 7 heteroatoms. The maximum atomic E-state index is 5.13. The van der Waals surface area contributed by atoms with E-state index >= 15 is 0 Å². The average molecular weight is 455 g/mol. The molecule has 0 unspecified atom stereocenters. The largest absolute Gasteiger partial charge is 0.383 e. The fourth-order valence-corrected chi connectivity index (χ4v) is 4.30. The minimum absolute atomic E-state index is 0.410. The maximum absolute atomic E-state index is 5.13. The molecular formula is C27H30N6O. The Balaban J connectivity index is 1.34. The van der Waals surface area contributed by atoms with Crippen LogP contribution in [0.3, 0.4) is 0 Å². The number of nitrogens with one attached hydrogen (secondary N) is 1. The Morgan fingerprint density at radius 3 is 2.65 bits per heavy atom. The molecule has 0 spiro atoms. The molecule has 7 nitrogen and oxygen atoms in total. The van der Waals surface area contributed by atoms with Crippen LogP contribution in [0.5, 0.6) is 0 Å². The van der Waals surface area contributed by atoms with Gasteiger partial charge in [0, 0.05) is 31.0 Å². The third-order valence-corrected chi connectivity index (χ3v) is 6.17. The van der Waals surface area contributed by atoms with E-state index in [4.69, 9.17) is 9.72 Å². The number of fused-ring (bicyclic) bond motifs is 1. The van der Waals surface area contributed by atoms with Crippen LogP contribution in [0.2, 0.25) is 0 Å². The van der Waals surface area contributed by atoms with Crippen LogP contribution < -0.4 is 10.2 Å². The monoisotopic (exact) mass is 454 g/mol. The first-order valence-electron chi connectivity index (χ1n) is 11.7. The molecule has 1 aliphatic heterocycles. The molecule has 2 aromatic carbocycles. The molecule has 0 saturated carbocycles. The Morgan fingerprint density at radius 1 is 1.03 bits per heavy atom. The van der Waals surface area contributed by atoms with E-state index in [1.807, 2.05) is 17.1 Å². The van der Waals surface area contributed by atoms with E-state index < -0.39 is 0 Å². The van der Waals surface area contributed by atoms with Crippen molar-refractivity contribution in [2.45, 2.75) is 32.9 Å². The van der Waals surface area contributed by atoms with Gasteiger partial charge in [-0.15, -0.1) is 0 Å². The summed E-state index contributed by atoms with van der Waals surface area (Å²) in [5, 5.41) is 7.84. The van der Waals surface area contributed by atoms with Crippen molar-refractivity contribution in [1.82, 2.24) is 19.7 Å². The number of benzene rings is 2. The van der Waals surface area contributed by atoms with Crippen molar-refractivity contribution in [3.8, 4) is 22.5 Å². The van der Waals surface area contributed by atoms with Crippen LogP contribution in [-0.2, 0) is 17.8 Å². The van der Waals surface area contributed by atoms with Gasteiger partial charge in [-0.1, -0.05) is 62.4 Å². The SMILES string of the molecule is COCCn1cc(-c2ccc(CN3CNc4cnc(-c5ccccc5C(C)C)nc43)cc2)cn1. The predicted molar refractivity (Wildman–Crippen MR) is 136 cm³/mol. The van der Waals surface area contributed by atoms with E-state index in [1.54, 1.807) is 7.11 Å². The quantitative estimate of drug-likeness (QED) is 0.396. The van der Waals surface area contributed by atoms with Crippen LogP contribution in [0.1, 0.15) is 30.9 Å². The van der Waals surface area contributed by atoms with Crippen molar-refractivity contribution >= 4 is 11.5 Å². The van der Waals surface area contributed by atoms with Gasteiger partial charge < -0.3 is 15.0 Å². The smallest absolute Gasteiger partial charge is 0.161 e. The van der Waals surface area contributed by atoms with Gasteiger partial charge in [0.15, 0.2) is 11.6 Å². The van der Waals surface area contributed by atoms with Gasteiger partial charge in [-0.05, 0) is 22.6 Å². The summed E-state index contributed by atoms with van der Waals surface area (Å²) in [4.78, 5) is 11.9. The zero-order valence-corrected chi connectivity index (χ0v) is 19.9. The van der Waals surface area contributed by atoms with Crippen LogP contribution in [0.15, 0.2) is 67.1 Å². The van der Waals surface area contributed by atoms with Gasteiger partial charge in [0.2, 0.25) is 0 Å². The van der Waals surface area contributed by atoms with E-state index in [-0.39, 0.29) is 0 Å². The predicted octanol–water partition coefficient (Wildman–Crippen LogP) is 5.17. The van der Waals surface area contributed by atoms with Gasteiger partial charge in [0.1, 0.15) is 0 Å². The Labute approximate surface area is 200 Å². The van der Waals surface area contributed by atoms with Crippen LogP contribution in [0.4, 0.5) is 11.5 Å². The normalized spacial score (nSPS) is 12.8. The molecule has 1 aliphatic rings. The van der Waals surface area contributed by atoms with Crippen LogP contribution >= 0.6 is 0 Å². The second-order valence-electron chi connectivity index (χ2n) is 8.89. The van der Waals surface area contributed by atoms with Crippen molar-refractivity contribution in [3.05, 3.63) is 78.2 Å².